The number of fused-ring (bicyclic) bond motifs is 1. The lowest BCUT2D eigenvalue weighted by Crippen LogP contribution is -2.34. The summed E-state index contributed by atoms with van der Waals surface area (Å²) in [6, 6.07) is 12.3. The molecule has 1 atom stereocenters. The number of nitrogens with one attached hydrogen (secondary N) is 1. The van der Waals surface area contributed by atoms with E-state index in [4.69, 9.17) is 16.3 Å². The van der Waals surface area contributed by atoms with Gasteiger partial charge in [0.1, 0.15) is 5.75 Å². The molecular formula is C22H26ClNO2. The third kappa shape index (κ3) is 4.21. The number of carbonyl (C=O) groups excluding carboxylic acids is 1. The minimum Gasteiger partial charge on any atom is -0.483 e. The zero-order chi connectivity index (χ0) is 18.7. The zero-order valence-electron chi connectivity index (χ0n) is 15.6. The zero-order valence-corrected chi connectivity index (χ0v) is 16.4. The second kappa shape index (κ2) is 8.13. The van der Waals surface area contributed by atoms with Crippen molar-refractivity contribution in [1.29, 1.82) is 0 Å². The van der Waals surface area contributed by atoms with Gasteiger partial charge in [-0.1, -0.05) is 49.7 Å². The maximum atomic E-state index is 12.5. The van der Waals surface area contributed by atoms with Gasteiger partial charge in [-0.2, -0.15) is 0 Å². The van der Waals surface area contributed by atoms with Gasteiger partial charge in [0.2, 0.25) is 0 Å². The molecular weight excluding hydrogens is 346 g/mol. The van der Waals surface area contributed by atoms with Crippen molar-refractivity contribution in [3.8, 4) is 5.75 Å². The topological polar surface area (TPSA) is 38.3 Å². The number of aryl methyl sites for hydroxylation is 2. The summed E-state index contributed by atoms with van der Waals surface area (Å²) in [5.74, 6) is 0.923. The van der Waals surface area contributed by atoms with Crippen molar-refractivity contribution in [3.63, 3.8) is 0 Å². The van der Waals surface area contributed by atoms with Gasteiger partial charge in [0.15, 0.2) is 6.61 Å². The molecule has 0 heterocycles. The predicted octanol–water partition coefficient (Wildman–Crippen LogP) is 5.34. The van der Waals surface area contributed by atoms with Crippen molar-refractivity contribution in [2.75, 3.05) is 6.61 Å². The summed E-state index contributed by atoms with van der Waals surface area (Å²) >= 11 is 6.23. The van der Waals surface area contributed by atoms with E-state index in [1.807, 2.05) is 25.1 Å². The highest BCUT2D eigenvalue weighted by atomic mass is 35.5. The van der Waals surface area contributed by atoms with E-state index < -0.39 is 0 Å². The van der Waals surface area contributed by atoms with Crippen molar-refractivity contribution in [2.24, 2.45) is 0 Å². The van der Waals surface area contributed by atoms with Crippen molar-refractivity contribution in [2.45, 2.75) is 52.0 Å². The molecule has 26 heavy (non-hydrogen) atoms. The first-order valence-corrected chi connectivity index (χ1v) is 9.63. The average molecular weight is 372 g/mol. The Morgan fingerprint density at radius 3 is 2.85 bits per heavy atom. The van der Waals surface area contributed by atoms with Crippen LogP contribution in [0.2, 0.25) is 5.02 Å². The van der Waals surface area contributed by atoms with Crippen molar-refractivity contribution in [3.05, 3.63) is 63.7 Å². The van der Waals surface area contributed by atoms with E-state index in [2.05, 4.69) is 37.4 Å². The number of hydrogen-bond acceptors (Lipinski definition) is 2. The number of carbonyl (C=O) groups is 1. The molecule has 2 aromatic rings. The van der Waals surface area contributed by atoms with Gasteiger partial charge in [-0.05, 0) is 66.5 Å². The highest BCUT2D eigenvalue weighted by Crippen LogP contribution is 2.32. The van der Waals surface area contributed by atoms with Crippen molar-refractivity contribution < 1.29 is 9.53 Å². The van der Waals surface area contributed by atoms with E-state index in [0.717, 1.165) is 41.2 Å². The third-order valence-corrected chi connectivity index (χ3v) is 5.38. The lowest BCUT2D eigenvalue weighted by molar-refractivity contribution is -0.124. The first-order chi connectivity index (χ1) is 12.5. The Labute approximate surface area is 160 Å². The average Bonchev–Trinajstić information content (AvgIpc) is 2.62. The van der Waals surface area contributed by atoms with Crippen molar-refractivity contribution >= 4 is 17.5 Å². The van der Waals surface area contributed by atoms with Crippen LogP contribution in [0.1, 0.15) is 60.9 Å². The van der Waals surface area contributed by atoms with E-state index in [0.29, 0.717) is 0 Å². The van der Waals surface area contributed by atoms with Gasteiger partial charge in [-0.15, -0.1) is 0 Å². The second-order valence-electron chi connectivity index (χ2n) is 7.29. The number of rotatable bonds is 5. The van der Waals surface area contributed by atoms with Gasteiger partial charge in [0.25, 0.3) is 5.91 Å². The molecule has 0 bridgehead atoms. The van der Waals surface area contributed by atoms with Gasteiger partial charge in [0, 0.05) is 5.02 Å². The normalized spacial score (nSPS) is 16.3. The quantitative estimate of drug-likeness (QED) is 0.769. The van der Waals surface area contributed by atoms with E-state index in [1.54, 1.807) is 0 Å². The molecule has 0 saturated carbocycles. The molecule has 4 heteroatoms. The molecule has 0 spiro atoms. The largest absolute Gasteiger partial charge is 0.483 e. The first kappa shape index (κ1) is 18.8. The first-order valence-electron chi connectivity index (χ1n) is 9.25. The molecule has 0 fully saturated rings. The lowest BCUT2D eigenvalue weighted by atomic mass is 9.88. The molecule has 0 aromatic heterocycles. The van der Waals surface area contributed by atoms with Crippen LogP contribution in [0.25, 0.3) is 0 Å². The molecule has 138 valence electrons. The number of halogens is 1. The number of benzene rings is 2. The van der Waals surface area contributed by atoms with Crippen LogP contribution in [-0.2, 0) is 11.2 Å². The minimum atomic E-state index is -0.0889. The highest BCUT2D eigenvalue weighted by Gasteiger charge is 2.21. The summed E-state index contributed by atoms with van der Waals surface area (Å²) in [4.78, 5) is 12.5. The van der Waals surface area contributed by atoms with Crippen LogP contribution >= 0.6 is 11.6 Å². The number of hydrogen-bond donors (Lipinski definition) is 1. The van der Waals surface area contributed by atoms with Crippen LogP contribution < -0.4 is 10.1 Å². The standard InChI is InChI=1S/C22H26ClNO2/c1-14(2)18-12-19(23)15(3)11-21(18)26-13-22(25)24-20-10-6-8-16-7-4-5-9-17(16)20/h4-5,7,9,11-12,14,20H,6,8,10,13H2,1-3H3,(H,24,25)/t20-/m1/s1. The maximum Gasteiger partial charge on any atom is 0.258 e. The fraction of sp³-hybridized carbons (Fsp3) is 0.409. The number of amides is 1. The van der Waals surface area contributed by atoms with Crippen LogP contribution in [0.4, 0.5) is 0 Å². The summed E-state index contributed by atoms with van der Waals surface area (Å²) in [7, 11) is 0. The SMILES string of the molecule is Cc1cc(OCC(=O)N[C@@H]2CCCc3ccccc32)c(C(C)C)cc1Cl. The molecule has 0 aliphatic heterocycles. The van der Waals surface area contributed by atoms with E-state index >= 15 is 0 Å². The van der Waals surface area contributed by atoms with Gasteiger partial charge >= 0.3 is 0 Å². The smallest absolute Gasteiger partial charge is 0.258 e. The Balaban J connectivity index is 1.66. The lowest BCUT2D eigenvalue weighted by Gasteiger charge is -2.26. The highest BCUT2D eigenvalue weighted by molar-refractivity contribution is 6.31. The van der Waals surface area contributed by atoms with Gasteiger partial charge in [-0.3, -0.25) is 4.79 Å². The van der Waals surface area contributed by atoms with Crippen molar-refractivity contribution in [1.82, 2.24) is 5.32 Å². The van der Waals surface area contributed by atoms with Gasteiger partial charge in [-0.25, -0.2) is 0 Å². The molecule has 0 radical (unpaired) electrons. The summed E-state index contributed by atoms with van der Waals surface area (Å²) in [5, 5.41) is 3.86. The Kier molecular flexibility index (Phi) is 5.87. The predicted molar refractivity (Wildman–Crippen MR) is 106 cm³/mol. The molecule has 1 aliphatic rings. The third-order valence-electron chi connectivity index (χ3n) is 4.98. The molecule has 0 unspecified atom stereocenters. The summed E-state index contributed by atoms with van der Waals surface area (Å²) in [6.45, 7) is 6.14. The Morgan fingerprint density at radius 2 is 2.08 bits per heavy atom. The minimum absolute atomic E-state index is 0.0134. The molecule has 1 N–H and O–H groups in total. The summed E-state index contributed by atoms with van der Waals surface area (Å²) < 4.78 is 5.85. The Morgan fingerprint density at radius 1 is 1.31 bits per heavy atom. The molecule has 2 aromatic carbocycles. The molecule has 3 rings (SSSR count). The van der Waals surface area contributed by atoms with E-state index in [1.165, 1.54) is 11.1 Å². The van der Waals surface area contributed by atoms with Crippen LogP contribution in [0, 0.1) is 6.92 Å². The summed E-state index contributed by atoms with van der Waals surface area (Å²) in [6.07, 6.45) is 3.15. The van der Waals surface area contributed by atoms with E-state index in [9.17, 15) is 4.79 Å². The Hall–Kier alpha value is -2.00. The van der Waals surface area contributed by atoms with Gasteiger partial charge < -0.3 is 10.1 Å². The van der Waals surface area contributed by atoms with Crippen LogP contribution in [0.15, 0.2) is 36.4 Å². The molecule has 3 nitrogen and oxygen atoms in total. The molecule has 1 amide bonds. The monoisotopic (exact) mass is 371 g/mol. The maximum absolute atomic E-state index is 12.5. The summed E-state index contributed by atoms with van der Waals surface area (Å²) in [5.41, 5.74) is 4.54. The van der Waals surface area contributed by atoms with Crippen LogP contribution in [0.3, 0.4) is 0 Å². The van der Waals surface area contributed by atoms with Crippen LogP contribution in [0.5, 0.6) is 5.75 Å². The fourth-order valence-electron chi connectivity index (χ4n) is 3.53. The second-order valence-corrected chi connectivity index (χ2v) is 7.70. The fourth-order valence-corrected chi connectivity index (χ4v) is 3.70. The molecule has 1 aliphatic carbocycles. The van der Waals surface area contributed by atoms with Gasteiger partial charge in [0.05, 0.1) is 6.04 Å². The van der Waals surface area contributed by atoms with E-state index in [-0.39, 0.29) is 24.5 Å². The number of ether oxygens (including phenoxy) is 1. The van der Waals surface area contributed by atoms with Crippen LogP contribution in [-0.4, -0.2) is 12.5 Å². The Bertz CT molecular complexity index is 801. The molecule has 0 saturated heterocycles.